The molecule has 1 saturated heterocycles. The number of carbonyl (C=O) groups is 1. The third kappa shape index (κ3) is 3.15. The van der Waals surface area contributed by atoms with Crippen LogP contribution in [0.1, 0.15) is 34.3 Å². The molecule has 0 amide bonds. The maximum absolute atomic E-state index is 14.9. The number of benzene rings is 2. The molecule has 0 radical (unpaired) electrons. The van der Waals surface area contributed by atoms with Crippen LogP contribution in [0.5, 0.6) is 0 Å². The van der Waals surface area contributed by atoms with Crippen LogP contribution in [-0.4, -0.2) is 41.8 Å². The van der Waals surface area contributed by atoms with Crippen molar-refractivity contribution in [3.05, 3.63) is 75.8 Å². The lowest BCUT2D eigenvalue weighted by Gasteiger charge is -2.30. The van der Waals surface area contributed by atoms with Gasteiger partial charge in [0.15, 0.2) is 0 Å². The molecule has 5 rings (SSSR count). The van der Waals surface area contributed by atoms with Gasteiger partial charge in [-0.25, -0.2) is 9.18 Å². The van der Waals surface area contributed by atoms with Crippen LogP contribution in [0, 0.1) is 5.82 Å². The fraction of sp³-hybridized carbons (Fsp3) is 0.304. The number of nitrogens with one attached hydrogen (secondary N) is 1. The number of nitrogens with zero attached hydrogens (tertiary/aromatic N) is 2. The van der Waals surface area contributed by atoms with Crippen molar-refractivity contribution >= 4 is 22.6 Å². The first-order valence-electron chi connectivity index (χ1n) is 10.2. The van der Waals surface area contributed by atoms with Gasteiger partial charge < -0.3 is 19.9 Å². The van der Waals surface area contributed by atoms with E-state index in [1.54, 1.807) is 6.07 Å². The molecule has 2 aliphatic rings. The van der Waals surface area contributed by atoms with Gasteiger partial charge >= 0.3 is 5.97 Å². The Labute approximate surface area is 172 Å². The van der Waals surface area contributed by atoms with Gasteiger partial charge in [0.05, 0.1) is 11.2 Å². The van der Waals surface area contributed by atoms with Gasteiger partial charge in [0.25, 0.3) is 0 Å². The number of pyridine rings is 1. The Morgan fingerprint density at radius 3 is 2.57 bits per heavy atom. The van der Waals surface area contributed by atoms with Crippen molar-refractivity contribution in [1.29, 1.82) is 0 Å². The van der Waals surface area contributed by atoms with Gasteiger partial charge in [-0.05, 0) is 24.1 Å². The fourth-order valence-corrected chi connectivity index (χ4v) is 4.48. The number of hydrogen-bond donors (Lipinski definition) is 2. The fourth-order valence-electron chi connectivity index (χ4n) is 4.48. The van der Waals surface area contributed by atoms with Crippen LogP contribution in [-0.2, 0) is 0 Å². The van der Waals surface area contributed by atoms with Crippen LogP contribution in [0.15, 0.2) is 53.5 Å². The summed E-state index contributed by atoms with van der Waals surface area (Å²) < 4.78 is 16.8. The minimum absolute atomic E-state index is 0.0370. The van der Waals surface area contributed by atoms with Crippen LogP contribution in [0.3, 0.4) is 0 Å². The molecule has 2 heterocycles. The molecule has 0 unspecified atom stereocenters. The van der Waals surface area contributed by atoms with Crippen molar-refractivity contribution < 1.29 is 14.3 Å². The van der Waals surface area contributed by atoms with E-state index in [2.05, 4.69) is 17.4 Å². The topological polar surface area (TPSA) is 74.6 Å². The normalized spacial score (nSPS) is 21.0. The summed E-state index contributed by atoms with van der Waals surface area (Å²) in [5, 5.41) is 12.9. The first-order valence-corrected chi connectivity index (χ1v) is 10.2. The highest BCUT2D eigenvalue weighted by atomic mass is 19.1. The molecule has 2 fully saturated rings. The Morgan fingerprint density at radius 2 is 1.87 bits per heavy atom. The quantitative estimate of drug-likeness (QED) is 0.696. The van der Waals surface area contributed by atoms with E-state index in [0.29, 0.717) is 24.3 Å². The number of piperazine rings is 1. The van der Waals surface area contributed by atoms with E-state index in [1.807, 2.05) is 27.7 Å². The molecule has 3 aromatic rings. The molecule has 6 nitrogen and oxygen atoms in total. The Morgan fingerprint density at radius 1 is 1.13 bits per heavy atom. The number of anilines is 1. The van der Waals surface area contributed by atoms with Crippen LogP contribution in [0.4, 0.5) is 10.1 Å². The van der Waals surface area contributed by atoms with Crippen molar-refractivity contribution in [3.63, 3.8) is 0 Å². The standard InChI is InChI=1S/C23H22FN3O3/c24-18-10-16-20(12-21(18)26-8-6-25-7-9-26)27(13-17(22(16)28)23(29)30)19-11-15(19)14-4-2-1-3-5-14/h1-5,10,12-13,15,19,25H,6-9,11H2,(H,29,30)/t15-,19+/m1/s1. The highest BCUT2D eigenvalue weighted by Crippen LogP contribution is 2.52. The van der Waals surface area contributed by atoms with E-state index in [0.717, 1.165) is 19.5 Å². The monoisotopic (exact) mass is 407 g/mol. The zero-order chi connectivity index (χ0) is 20.8. The molecular formula is C23H22FN3O3. The van der Waals surface area contributed by atoms with Gasteiger partial charge in [-0.15, -0.1) is 0 Å². The van der Waals surface area contributed by atoms with E-state index in [1.165, 1.54) is 17.8 Å². The molecule has 2 N–H and O–H groups in total. The number of carboxylic acids is 1. The second kappa shape index (κ2) is 7.25. The number of fused-ring (bicyclic) bond motifs is 1. The van der Waals surface area contributed by atoms with Crippen molar-refractivity contribution in [3.8, 4) is 0 Å². The Balaban J connectivity index is 1.67. The molecule has 154 valence electrons. The van der Waals surface area contributed by atoms with Crippen molar-refractivity contribution in [2.24, 2.45) is 0 Å². The lowest BCUT2D eigenvalue weighted by atomic mass is 10.1. The van der Waals surface area contributed by atoms with Crippen molar-refractivity contribution in [2.75, 3.05) is 31.1 Å². The first-order chi connectivity index (χ1) is 14.5. The van der Waals surface area contributed by atoms with E-state index >= 15 is 0 Å². The van der Waals surface area contributed by atoms with E-state index < -0.39 is 17.2 Å². The van der Waals surface area contributed by atoms with E-state index in [4.69, 9.17) is 0 Å². The maximum Gasteiger partial charge on any atom is 0.341 e. The number of aromatic nitrogens is 1. The number of aromatic carboxylic acids is 1. The highest BCUT2D eigenvalue weighted by Gasteiger charge is 2.40. The second-order valence-corrected chi connectivity index (χ2v) is 7.96. The Bertz CT molecular complexity index is 1190. The second-order valence-electron chi connectivity index (χ2n) is 7.96. The molecule has 30 heavy (non-hydrogen) atoms. The Hall–Kier alpha value is -3.19. The SMILES string of the molecule is O=C(O)c1cn([C@H]2C[C@@H]2c2ccccc2)c2cc(N3CCNCC3)c(F)cc2c1=O. The summed E-state index contributed by atoms with van der Waals surface area (Å²) in [5.41, 5.74) is 1.25. The summed E-state index contributed by atoms with van der Waals surface area (Å²) in [6, 6.07) is 13.0. The molecule has 2 aromatic carbocycles. The average Bonchev–Trinajstić information content (AvgIpc) is 3.56. The predicted molar refractivity (Wildman–Crippen MR) is 113 cm³/mol. The minimum Gasteiger partial charge on any atom is -0.477 e. The summed E-state index contributed by atoms with van der Waals surface area (Å²) >= 11 is 0. The minimum atomic E-state index is -1.29. The third-order valence-electron chi connectivity index (χ3n) is 6.13. The zero-order valence-electron chi connectivity index (χ0n) is 16.3. The largest absolute Gasteiger partial charge is 0.477 e. The number of halogens is 1. The summed E-state index contributed by atoms with van der Waals surface area (Å²) in [7, 11) is 0. The van der Waals surface area contributed by atoms with Crippen LogP contribution >= 0.6 is 0 Å². The molecule has 0 spiro atoms. The van der Waals surface area contributed by atoms with Gasteiger partial charge in [0, 0.05) is 49.7 Å². The molecule has 1 aromatic heterocycles. The summed E-state index contributed by atoms with van der Waals surface area (Å²) in [6.45, 7) is 2.88. The molecule has 7 heteroatoms. The molecule has 0 bridgehead atoms. The first kappa shape index (κ1) is 18.8. The summed E-state index contributed by atoms with van der Waals surface area (Å²) in [6.07, 6.45) is 2.28. The highest BCUT2D eigenvalue weighted by molar-refractivity contribution is 5.93. The predicted octanol–water partition coefficient (Wildman–Crippen LogP) is 2.98. The molecule has 2 atom stereocenters. The lowest BCUT2D eigenvalue weighted by molar-refractivity contribution is 0.0695. The van der Waals surface area contributed by atoms with Crippen LogP contribution < -0.4 is 15.6 Å². The van der Waals surface area contributed by atoms with E-state index in [-0.39, 0.29) is 22.9 Å². The molecule has 1 aliphatic heterocycles. The number of hydrogen-bond acceptors (Lipinski definition) is 4. The summed E-state index contributed by atoms with van der Waals surface area (Å²) in [4.78, 5) is 26.4. The van der Waals surface area contributed by atoms with Crippen LogP contribution in [0.2, 0.25) is 0 Å². The smallest absolute Gasteiger partial charge is 0.341 e. The van der Waals surface area contributed by atoms with E-state index in [9.17, 15) is 19.1 Å². The molecule has 1 saturated carbocycles. The summed E-state index contributed by atoms with van der Waals surface area (Å²) in [5.74, 6) is -1.55. The zero-order valence-corrected chi connectivity index (χ0v) is 16.3. The Kier molecular flexibility index (Phi) is 4.55. The van der Waals surface area contributed by atoms with Gasteiger partial charge in [-0.1, -0.05) is 30.3 Å². The van der Waals surface area contributed by atoms with Crippen molar-refractivity contribution in [2.45, 2.75) is 18.4 Å². The maximum atomic E-state index is 14.9. The van der Waals surface area contributed by atoms with Crippen LogP contribution in [0.25, 0.3) is 10.9 Å². The average molecular weight is 407 g/mol. The number of carboxylic acid groups (broad SMARTS) is 1. The third-order valence-corrected chi connectivity index (χ3v) is 6.13. The van der Waals surface area contributed by atoms with Gasteiger partial charge in [0.1, 0.15) is 11.4 Å². The lowest BCUT2D eigenvalue weighted by Crippen LogP contribution is -2.43. The van der Waals surface area contributed by atoms with Gasteiger partial charge in [-0.3, -0.25) is 4.79 Å². The number of rotatable bonds is 4. The van der Waals surface area contributed by atoms with Crippen molar-refractivity contribution in [1.82, 2.24) is 9.88 Å². The van der Waals surface area contributed by atoms with Gasteiger partial charge in [-0.2, -0.15) is 0 Å². The molecule has 1 aliphatic carbocycles. The van der Waals surface area contributed by atoms with Gasteiger partial charge in [0.2, 0.25) is 5.43 Å². The molecular weight excluding hydrogens is 385 g/mol.